The average Bonchev–Trinajstić information content (AvgIpc) is 2.98. The van der Waals surface area contributed by atoms with Gasteiger partial charge >= 0.3 is 5.97 Å². The molecule has 162 valence electrons. The van der Waals surface area contributed by atoms with E-state index in [1.54, 1.807) is 38.3 Å². The summed E-state index contributed by atoms with van der Waals surface area (Å²) in [6.07, 6.45) is 2.13. The third kappa shape index (κ3) is 6.89. The molecule has 0 aliphatic carbocycles. The molecule has 1 aromatic rings. The van der Waals surface area contributed by atoms with Crippen molar-refractivity contribution in [1.29, 1.82) is 0 Å². The highest BCUT2D eigenvalue weighted by Crippen LogP contribution is 2.33. The topological polar surface area (TPSA) is 111 Å². The van der Waals surface area contributed by atoms with Crippen LogP contribution in [0.1, 0.15) is 18.9 Å². The lowest BCUT2D eigenvalue weighted by Gasteiger charge is -2.12. The summed E-state index contributed by atoms with van der Waals surface area (Å²) < 4.78 is 15.2. The van der Waals surface area contributed by atoms with Crippen LogP contribution in [0.25, 0.3) is 6.08 Å². The Kier molecular flexibility index (Phi) is 9.36. The van der Waals surface area contributed by atoms with Crippen LogP contribution in [-0.2, 0) is 23.9 Å². The van der Waals surface area contributed by atoms with Crippen LogP contribution in [0.2, 0.25) is 0 Å². The van der Waals surface area contributed by atoms with Gasteiger partial charge in [0.25, 0.3) is 11.1 Å². The summed E-state index contributed by atoms with van der Waals surface area (Å²) in [5.74, 6) is -1.12. The first-order valence-corrected chi connectivity index (χ1v) is 10.2. The molecule has 0 aromatic heterocycles. The van der Waals surface area contributed by atoms with Gasteiger partial charge in [0.1, 0.15) is 12.3 Å². The molecule has 10 heteroatoms. The predicted molar refractivity (Wildman–Crippen MR) is 111 cm³/mol. The monoisotopic (exact) mass is 436 g/mol. The molecule has 1 heterocycles. The smallest absolute Gasteiger partial charge is 0.344 e. The van der Waals surface area contributed by atoms with E-state index in [1.165, 1.54) is 6.08 Å². The summed E-state index contributed by atoms with van der Waals surface area (Å²) in [7, 11) is 1.56. The van der Waals surface area contributed by atoms with E-state index in [2.05, 4.69) is 5.32 Å². The SMILES string of the molecule is CCOC(=O)COc1ccccc1/C=C1\SC(=O)N(CC(=O)NCCCOC)C1=O. The Hall–Kier alpha value is -2.85. The van der Waals surface area contributed by atoms with E-state index in [9.17, 15) is 19.2 Å². The predicted octanol–water partition coefficient (Wildman–Crippen LogP) is 1.82. The highest BCUT2D eigenvalue weighted by molar-refractivity contribution is 8.18. The highest BCUT2D eigenvalue weighted by atomic mass is 32.2. The van der Waals surface area contributed by atoms with Crippen molar-refractivity contribution < 1.29 is 33.4 Å². The van der Waals surface area contributed by atoms with E-state index in [0.29, 0.717) is 30.9 Å². The average molecular weight is 436 g/mol. The minimum absolute atomic E-state index is 0.166. The number of carbonyl (C=O) groups excluding carboxylic acids is 4. The van der Waals surface area contributed by atoms with Gasteiger partial charge in [-0.1, -0.05) is 18.2 Å². The normalized spacial score (nSPS) is 14.9. The van der Waals surface area contributed by atoms with Crippen LogP contribution in [0.4, 0.5) is 4.79 Å². The van der Waals surface area contributed by atoms with Crippen molar-refractivity contribution >= 4 is 40.9 Å². The van der Waals surface area contributed by atoms with Gasteiger partial charge in [0, 0.05) is 25.8 Å². The first kappa shape index (κ1) is 23.4. The van der Waals surface area contributed by atoms with Gasteiger partial charge in [-0.05, 0) is 37.2 Å². The van der Waals surface area contributed by atoms with Crippen molar-refractivity contribution in [2.24, 2.45) is 0 Å². The van der Waals surface area contributed by atoms with Crippen molar-refractivity contribution in [3.63, 3.8) is 0 Å². The van der Waals surface area contributed by atoms with E-state index < -0.39 is 23.0 Å². The standard InChI is InChI=1S/C20H24N2O7S/c1-3-28-18(24)13-29-15-8-5-4-7-14(15)11-16-19(25)22(20(26)30-16)12-17(23)21-9-6-10-27-2/h4-5,7-8,11H,3,6,9-10,12-13H2,1-2H3,(H,21,23)/b16-11-. The summed E-state index contributed by atoms with van der Waals surface area (Å²) in [4.78, 5) is 49.4. The van der Waals surface area contributed by atoms with Gasteiger partial charge < -0.3 is 19.5 Å². The Morgan fingerprint density at radius 3 is 2.73 bits per heavy atom. The maximum atomic E-state index is 12.6. The van der Waals surface area contributed by atoms with Crippen molar-refractivity contribution in [3.05, 3.63) is 34.7 Å². The number of hydrogen-bond donors (Lipinski definition) is 1. The molecular weight excluding hydrogens is 412 g/mol. The van der Waals surface area contributed by atoms with Gasteiger partial charge in [-0.25, -0.2) is 4.79 Å². The van der Waals surface area contributed by atoms with Crippen molar-refractivity contribution in [2.75, 3.05) is 40.0 Å². The second kappa shape index (κ2) is 12.0. The molecule has 0 atom stereocenters. The highest BCUT2D eigenvalue weighted by Gasteiger charge is 2.36. The zero-order chi connectivity index (χ0) is 21.9. The van der Waals surface area contributed by atoms with Crippen LogP contribution in [0.15, 0.2) is 29.2 Å². The number of rotatable bonds is 11. The van der Waals surface area contributed by atoms with Gasteiger partial charge in [0.15, 0.2) is 6.61 Å². The van der Waals surface area contributed by atoms with Gasteiger partial charge in [0.05, 0.1) is 11.5 Å². The molecule has 30 heavy (non-hydrogen) atoms. The van der Waals surface area contributed by atoms with E-state index in [0.717, 1.165) is 16.7 Å². The number of methoxy groups -OCH3 is 1. The molecule has 1 aliphatic heterocycles. The van der Waals surface area contributed by atoms with Crippen molar-refractivity contribution in [2.45, 2.75) is 13.3 Å². The number of para-hydroxylation sites is 1. The fourth-order valence-corrected chi connectivity index (χ4v) is 3.32. The summed E-state index contributed by atoms with van der Waals surface area (Å²) >= 11 is 0.743. The molecule has 3 amide bonds. The second-order valence-corrected chi connectivity index (χ2v) is 7.09. The molecule has 0 radical (unpaired) electrons. The molecule has 1 N–H and O–H groups in total. The lowest BCUT2D eigenvalue weighted by molar-refractivity contribution is -0.145. The Labute approximate surface area is 178 Å². The zero-order valence-corrected chi connectivity index (χ0v) is 17.7. The van der Waals surface area contributed by atoms with Crippen LogP contribution in [0, 0.1) is 0 Å². The zero-order valence-electron chi connectivity index (χ0n) is 16.8. The molecule has 0 saturated carbocycles. The maximum Gasteiger partial charge on any atom is 0.344 e. The van der Waals surface area contributed by atoms with Crippen LogP contribution < -0.4 is 10.1 Å². The molecule has 1 aromatic carbocycles. The number of nitrogens with one attached hydrogen (secondary N) is 1. The number of carbonyl (C=O) groups is 4. The lowest BCUT2D eigenvalue weighted by atomic mass is 10.2. The first-order chi connectivity index (χ1) is 14.5. The van der Waals surface area contributed by atoms with E-state index in [-0.39, 0.29) is 24.7 Å². The maximum absolute atomic E-state index is 12.6. The van der Waals surface area contributed by atoms with Gasteiger partial charge in [-0.2, -0.15) is 0 Å². The number of esters is 1. The molecule has 2 rings (SSSR count). The third-order valence-corrected chi connectivity index (χ3v) is 4.79. The third-order valence-electron chi connectivity index (χ3n) is 3.88. The van der Waals surface area contributed by atoms with Crippen LogP contribution in [0.3, 0.4) is 0 Å². The summed E-state index contributed by atoms with van der Waals surface area (Å²) in [5.41, 5.74) is 0.524. The van der Waals surface area contributed by atoms with Gasteiger partial charge in [0.2, 0.25) is 5.91 Å². The molecule has 9 nitrogen and oxygen atoms in total. The summed E-state index contributed by atoms with van der Waals surface area (Å²) in [6.45, 7) is 2.21. The molecule has 1 saturated heterocycles. The summed E-state index contributed by atoms with van der Waals surface area (Å²) in [6, 6.07) is 6.79. The largest absolute Gasteiger partial charge is 0.481 e. The van der Waals surface area contributed by atoms with Crippen LogP contribution in [0.5, 0.6) is 5.75 Å². The second-order valence-electron chi connectivity index (χ2n) is 6.10. The van der Waals surface area contributed by atoms with Crippen LogP contribution >= 0.6 is 11.8 Å². The Morgan fingerprint density at radius 2 is 2.00 bits per heavy atom. The molecular formula is C20H24N2O7S. The summed E-state index contributed by atoms with van der Waals surface area (Å²) in [5, 5.41) is 2.11. The Morgan fingerprint density at radius 1 is 1.23 bits per heavy atom. The van der Waals surface area contributed by atoms with E-state index in [1.807, 2.05) is 0 Å². The number of ether oxygens (including phenoxy) is 3. The van der Waals surface area contributed by atoms with E-state index >= 15 is 0 Å². The van der Waals surface area contributed by atoms with E-state index in [4.69, 9.17) is 14.2 Å². The fourth-order valence-electron chi connectivity index (χ4n) is 2.49. The Balaban J connectivity index is 2.03. The minimum Gasteiger partial charge on any atom is -0.481 e. The lowest BCUT2D eigenvalue weighted by Crippen LogP contribution is -2.39. The molecule has 0 bridgehead atoms. The molecule has 1 aliphatic rings. The molecule has 0 spiro atoms. The Bertz CT molecular complexity index is 825. The number of hydrogen-bond acceptors (Lipinski definition) is 8. The number of amides is 3. The number of benzene rings is 1. The van der Waals surface area contributed by atoms with Gasteiger partial charge in [-0.15, -0.1) is 0 Å². The van der Waals surface area contributed by atoms with Crippen molar-refractivity contribution in [1.82, 2.24) is 10.2 Å². The number of thioether (sulfide) groups is 1. The quantitative estimate of drug-likeness (QED) is 0.318. The molecule has 1 fully saturated rings. The number of nitrogens with zero attached hydrogens (tertiary/aromatic N) is 1. The minimum atomic E-state index is -0.558. The first-order valence-electron chi connectivity index (χ1n) is 9.34. The number of imide groups is 1. The molecule has 0 unspecified atom stereocenters. The fraction of sp³-hybridized carbons (Fsp3) is 0.400. The van der Waals surface area contributed by atoms with Gasteiger partial charge in [-0.3, -0.25) is 19.3 Å². The van der Waals surface area contributed by atoms with Crippen molar-refractivity contribution in [3.8, 4) is 5.75 Å². The van der Waals surface area contributed by atoms with Crippen LogP contribution in [-0.4, -0.2) is 67.9 Å².